The lowest BCUT2D eigenvalue weighted by atomic mass is 10.1. The first-order chi connectivity index (χ1) is 10.3. The van der Waals surface area contributed by atoms with Crippen molar-refractivity contribution in [2.24, 2.45) is 5.10 Å². The van der Waals surface area contributed by atoms with Crippen LogP contribution in [0.25, 0.3) is 0 Å². The molecule has 0 unspecified atom stereocenters. The second-order valence-corrected chi connectivity index (χ2v) is 9.38. The number of carbonyl (C=O) groups is 1. The van der Waals surface area contributed by atoms with Gasteiger partial charge >= 0.3 is 6.03 Å². The Kier molecular flexibility index (Phi) is 5.54. The number of hydrogen-bond donors (Lipinski definition) is 2. The standard InChI is InChI=1S/C13H19N3O5S2/c1-8-6-9(2)11(10(3)7-8)14-12(17)15-16-13(22(4,18)19)23(5,20)21/h6-7H,1-5H3,(H2,14,15,17). The van der Waals surface area contributed by atoms with Crippen LogP contribution in [0, 0.1) is 20.8 Å². The highest BCUT2D eigenvalue weighted by molar-refractivity contribution is 8.30. The molecule has 0 aliphatic heterocycles. The molecule has 128 valence electrons. The van der Waals surface area contributed by atoms with Crippen LogP contribution in [0.5, 0.6) is 0 Å². The number of rotatable bonds is 2. The molecule has 0 bridgehead atoms. The summed E-state index contributed by atoms with van der Waals surface area (Å²) in [6.45, 7) is 5.52. The summed E-state index contributed by atoms with van der Waals surface area (Å²) in [6, 6.07) is 2.89. The lowest BCUT2D eigenvalue weighted by Gasteiger charge is -2.12. The molecule has 0 radical (unpaired) electrons. The van der Waals surface area contributed by atoms with Gasteiger partial charge in [-0.15, -0.1) is 5.10 Å². The van der Waals surface area contributed by atoms with Gasteiger partial charge in [0.15, 0.2) is 0 Å². The fraction of sp³-hybridized carbons (Fsp3) is 0.385. The Hall–Kier alpha value is -1.94. The summed E-state index contributed by atoms with van der Waals surface area (Å²) in [5.74, 6) is 0. The van der Waals surface area contributed by atoms with Crippen LogP contribution in [-0.2, 0) is 19.7 Å². The molecule has 0 aliphatic carbocycles. The first-order valence-corrected chi connectivity index (χ1v) is 10.2. The fourth-order valence-corrected chi connectivity index (χ4v) is 4.68. The number of carbonyl (C=O) groups excluding carboxylic acids is 1. The van der Waals surface area contributed by atoms with Gasteiger partial charge in [0.25, 0.3) is 4.38 Å². The zero-order valence-electron chi connectivity index (χ0n) is 13.5. The molecule has 1 aromatic carbocycles. The average molecular weight is 361 g/mol. The molecule has 0 heterocycles. The summed E-state index contributed by atoms with van der Waals surface area (Å²) in [6.07, 6.45) is 1.39. The van der Waals surface area contributed by atoms with E-state index in [9.17, 15) is 21.6 Å². The Labute approximate surface area is 135 Å². The molecule has 1 rings (SSSR count). The summed E-state index contributed by atoms with van der Waals surface area (Å²) in [5, 5.41) is 5.74. The number of sulfone groups is 2. The highest BCUT2D eigenvalue weighted by Crippen LogP contribution is 2.21. The van der Waals surface area contributed by atoms with Crippen LogP contribution < -0.4 is 10.7 Å². The third-order valence-corrected chi connectivity index (χ3v) is 6.07. The van der Waals surface area contributed by atoms with Crippen LogP contribution in [0.2, 0.25) is 0 Å². The molecule has 0 aliphatic rings. The van der Waals surface area contributed by atoms with Crippen LogP contribution in [-0.4, -0.2) is 39.8 Å². The third kappa shape index (κ3) is 5.32. The predicted molar refractivity (Wildman–Crippen MR) is 89.9 cm³/mol. The smallest absolute Gasteiger partial charge is 0.306 e. The van der Waals surface area contributed by atoms with Crippen LogP contribution in [0.4, 0.5) is 10.5 Å². The molecule has 0 saturated heterocycles. The monoisotopic (exact) mass is 361 g/mol. The van der Waals surface area contributed by atoms with E-state index >= 15 is 0 Å². The number of amides is 2. The molecule has 8 nitrogen and oxygen atoms in total. The molecule has 2 amide bonds. The van der Waals surface area contributed by atoms with Crippen molar-refractivity contribution in [3.63, 3.8) is 0 Å². The van der Waals surface area contributed by atoms with E-state index in [0.717, 1.165) is 16.7 Å². The summed E-state index contributed by atoms with van der Waals surface area (Å²) in [4.78, 5) is 11.8. The molecular weight excluding hydrogens is 342 g/mol. The Balaban J connectivity index is 3.04. The van der Waals surface area contributed by atoms with Crippen molar-refractivity contribution in [1.29, 1.82) is 0 Å². The lowest BCUT2D eigenvalue weighted by molar-refractivity contribution is 0.252. The van der Waals surface area contributed by atoms with E-state index < -0.39 is 30.1 Å². The molecule has 2 N–H and O–H groups in total. The number of aryl methyl sites for hydroxylation is 3. The summed E-state index contributed by atoms with van der Waals surface area (Å²) in [7, 11) is -8.19. The van der Waals surface area contributed by atoms with Crippen LogP contribution >= 0.6 is 0 Å². The van der Waals surface area contributed by atoms with E-state index in [2.05, 4.69) is 10.4 Å². The van der Waals surface area contributed by atoms with Crippen molar-refractivity contribution >= 4 is 35.8 Å². The van der Waals surface area contributed by atoms with Crippen molar-refractivity contribution in [3.8, 4) is 0 Å². The Bertz CT molecular complexity index is 814. The minimum atomic E-state index is -4.09. The second kappa shape index (κ2) is 6.67. The lowest BCUT2D eigenvalue weighted by Crippen LogP contribution is -2.30. The third-order valence-electron chi connectivity index (χ3n) is 2.80. The summed E-state index contributed by atoms with van der Waals surface area (Å²) < 4.78 is 44.6. The van der Waals surface area contributed by atoms with Crippen molar-refractivity contribution in [2.45, 2.75) is 20.8 Å². The highest BCUT2D eigenvalue weighted by atomic mass is 32.3. The zero-order valence-corrected chi connectivity index (χ0v) is 15.1. The first kappa shape index (κ1) is 19.1. The second-order valence-electron chi connectivity index (χ2n) is 5.26. The maximum Gasteiger partial charge on any atom is 0.339 e. The molecule has 23 heavy (non-hydrogen) atoms. The number of urea groups is 1. The maximum absolute atomic E-state index is 11.8. The largest absolute Gasteiger partial charge is 0.339 e. The average Bonchev–Trinajstić information content (AvgIpc) is 2.30. The number of nitrogens with zero attached hydrogens (tertiary/aromatic N) is 1. The van der Waals surface area contributed by atoms with Gasteiger partial charge in [-0.25, -0.2) is 27.1 Å². The maximum atomic E-state index is 11.8. The summed E-state index contributed by atoms with van der Waals surface area (Å²) >= 11 is 0. The van der Waals surface area contributed by atoms with E-state index in [1.165, 1.54) is 0 Å². The van der Waals surface area contributed by atoms with Gasteiger partial charge in [0.2, 0.25) is 19.7 Å². The van der Waals surface area contributed by atoms with E-state index in [0.29, 0.717) is 18.2 Å². The fourth-order valence-electron chi connectivity index (χ4n) is 2.06. The topological polar surface area (TPSA) is 122 Å². The quantitative estimate of drug-likeness (QED) is 0.464. The molecule has 0 spiro atoms. The molecule has 10 heteroatoms. The Morgan fingerprint density at radius 1 is 0.957 bits per heavy atom. The molecule has 0 aromatic heterocycles. The molecule has 0 atom stereocenters. The van der Waals surface area contributed by atoms with Crippen molar-refractivity contribution < 1.29 is 21.6 Å². The van der Waals surface area contributed by atoms with Gasteiger partial charge in [0.1, 0.15) is 0 Å². The number of nitrogens with one attached hydrogen (secondary N) is 2. The van der Waals surface area contributed by atoms with Gasteiger partial charge in [-0.1, -0.05) is 17.7 Å². The minimum absolute atomic E-state index is 0.545. The van der Waals surface area contributed by atoms with Crippen LogP contribution in [0.1, 0.15) is 16.7 Å². The van der Waals surface area contributed by atoms with Crippen LogP contribution in [0.15, 0.2) is 17.2 Å². The van der Waals surface area contributed by atoms with Crippen molar-refractivity contribution in [1.82, 2.24) is 5.43 Å². The van der Waals surface area contributed by atoms with Crippen molar-refractivity contribution in [2.75, 3.05) is 17.8 Å². The summed E-state index contributed by atoms with van der Waals surface area (Å²) in [5.41, 5.74) is 5.09. The Morgan fingerprint density at radius 3 is 1.78 bits per heavy atom. The molecular formula is C13H19N3O5S2. The number of hydrazone groups is 1. The van der Waals surface area contributed by atoms with Crippen molar-refractivity contribution in [3.05, 3.63) is 28.8 Å². The highest BCUT2D eigenvalue weighted by Gasteiger charge is 2.25. The number of anilines is 1. The molecule has 0 fully saturated rings. The minimum Gasteiger partial charge on any atom is -0.306 e. The zero-order chi connectivity index (χ0) is 18.0. The van der Waals surface area contributed by atoms with E-state index in [4.69, 9.17) is 0 Å². The van der Waals surface area contributed by atoms with Gasteiger partial charge in [0.05, 0.1) is 0 Å². The Morgan fingerprint density at radius 2 is 1.39 bits per heavy atom. The normalized spacial score (nSPS) is 11.7. The SMILES string of the molecule is Cc1cc(C)c(NC(=O)NN=C(S(C)(=O)=O)S(C)(=O)=O)c(C)c1. The van der Waals surface area contributed by atoms with Gasteiger partial charge < -0.3 is 5.32 Å². The predicted octanol–water partition coefficient (Wildman–Crippen LogP) is 1.09. The number of benzene rings is 1. The number of hydrogen-bond acceptors (Lipinski definition) is 6. The van der Waals surface area contributed by atoms with Gasteiger partial charge in [-0.05, 0) is 31.9 Å². The van der Waals surface area contributed by atoms with E-state index in [1.54, 1.807) is 13.8 Å². The van der Waals surface area contributed by atoms with Gasteiger partial charge in [-0.3, -0.25) is 0 Å². The van der Waals surface area contributed by atoms with E-state index in [1.807, 2.05) is 24.5 Å². The van der Waals surface area contributed by atoms with Gasteiger partial charge in [-0.2, -0.15) is 0 Å². The first-order valence-electron chi connectivity index (χ1n) is 6.45. The molecule has 0 saturated carbocycles. The van der Waals surface area contributed by atoms with Gasteiger partial charge in [0, 0.05) is 18.2 Å². The van der Waals surface area contributed by atoms with E-state index in [-0.39, 0.29) is 0 Å². The molecule has 1 aromatic rings. The van der Waals surface area contributed by atoms with Crippen LogP contribution in [0.3, 0.4) is 0 Å².